The lowest BCUT2D eigenvalue weighted by molar-refractivity contribution is -0.214. The number of ether oxygens (including phenoxy) is 3. The van der Waals surface area contributed by atoms with Crippen LogP contribution in [0.1, 0.15) is 36.8 Å². The number of nitrogens with zero attached hydrogens (tertiary/aromatic N) is 1. The Hall–Kier alpha value is -2.83. The number of rotatable bonds is 6. The van der Waals surface area contributed by atoms with Gasteiger partial charge in [0.25, 0.3) is 0 Å². The topological polar surface area (TPSA) is 60.0 Å². The Morgan fingerprint density at radius 3 is 2.73 bits per heavy atom. The summed E-state index contributed by atoms with van der Waals surface area (Å²) < 4.78 is 19.2. The van der Waals surface area contributed by atoms with Gasteiger partial charge in [-0.3, -0.25) is 9.69 Å². The van der Waals surface area contributed by atoms with E-state index in [-0.39, 0.29) is 28.8 Å². The number of hydrogen-bond acceptors (Lipinski definition) is 5. The van der Waals surface area contributed by atoms with Crippen molar-refractivity contribution in [2.75, 3.05) is 32.6 Å². The lowest BCUT2D eigenvalue weighted by Crippen LogP contribution is -2.80. The third kappa shape index (κ3) is 2.61. The maximum Gasteiger partial charge on any atom is 0.230 e. The van der Waals surface area contributed by atoms with Gasteiger partial charge in [-0.05, 0) is 68.3 Å². The minimum Gasteiger partial charge on any atom is -0.493 e. The Morgan fingerprint density at radius 1 is 1.14 bits per heavy atom. The van der Waals surface area contributed by atoms with Gasteiger partial charge in [0.1, 0.15) is 11.7 Å². The van der Waals surface area contributed by atoms with Gasteiger partial charge in [0.15, 0.2) is 11.5 Å². The van der Waals surface area contributed by atoms with E-state index < -0.39 is 5.60 Å². The van der Waals surface area contributed by atoms with Crippen LogP contribution < -0.4 is 14.8 Å². The molecule has 4 bridgehead atoms. The zero-order chi connectivity index (χ0) is 25.0. The SMILES string of the molecule is COc1ccc2c3c1OC1C4(OC)C=C[C@@]5(C[C@@H]4C(=O)Nc4ccccc4)[C@H](C2)N(CC2CC2)CC[C@]315. The third-order valence-corrected chi connectivity index (χ3v) is 10.7. The van der Waals surface area contributed by atoms with Crippen LogP contribution in [-0.2, 0) is 21.4 Å². The fraction of sp³-hybridized carbons (Fsp3) is 0.516. The molecule has 192 valence electrons. The maximum absolute atomic E-state index is 14.0. The summed E-state index contributed by atoms with van der Waals surface area (Å²) in [5.74, 6) is 2.13. The molecule has 2 aromatic rings. The molecule has 7 aliphatic rings. The first-order valence-corrected chi connectivity index (χ1v) is 13.8. The molecule has 1 amide bonds. The van der Waals surface area contributed by atoms with Gasteiger partial charge < -0.3 is 19.5 Å². The van der Waals surface area contributed by atoms with E-state index in [1.165, 1.54) is 24.0 Å². The molecule has 2 aromatic carbocycles. The number of para-hydroxylation sites is 1. The molecule has 1 N–H and O–H groups in total. The first-order chi connectivity index (χ1) is 18.1. The van der Waals surface area contributed by atoms with Gasteiger partial charge in [0, 0.05) is 36.4 Å². The van der Waals surface area contributed by atoms with Crippen LogP contribution in [0.15, 0.2) is 54.6 Å². The van der Waals surface area contributed by atoms with E-state index in [9.17, 15) is 4.79 Å². The predicted molar refractivity (Wildman–Crippen MR) is 140 cm³/mol. The van der Waals surface area contributed by atoms with Crippen LogP contribution in [0, 0.1) is 17.3 Å². The molecular weight excluding hydrogens is 464 g/mol. The van der Waals surface area contributed by atoms with Crippen molar-refractivity contribution in [1.82, 2.24) is 4.90 Å². The summed E-state index contributed by atoms with van der Waals surface area (Å²) in [6.45, 7) is 2.23. The van der Waals surface area contributed by atoms with Crippen LogP contribution in [0.4, 0.5) is 5.69 Å². The van der Waals surface area contributed by atoms with E-state index in [1.807, 2.05) is 30.3 Å². The summed E-state index contributed by atoms with van der Waals surface area (Å²) in [7, 11) is 3.46. The second kappa shape index (κ2) is 7.39. The second-order valence-corrected chi connectivity index (χ2v) is 12.1. The van der Waals surface area contributed by atoms with Gasteiger partial charge in [-0.25, -0.2) is 0 Å². The lowest BCUT2D eigenvalue weighted by atomic mass is 9.37. The van der Waals surface area contributed by atoms with Crippen LogP contribution in [0.25, 0.3) is 0 Å². The summed E-state index contributed by atoms with van der Waals surface area (Å²) in [4.78, 5) is 16.8. The first kappa shape index (κ1) is 22.2. The minimum absolute atomic E-state index is 0.00996. The van der Waals surface area contributed by atoms with E-state index in [2.05, 4.69) is 34.5 Å². The zero-order valence-electron chi connectivity index (χ0n) is 21.5. The van der Waals surface area contributed by atoms with Crippen LogP contribution in [-0.4, -0.2) is 55.9 Å². The Balaban J connectivity index is 1.31. The molecular formula is C31H34N2O4. The van der Waals surface area contributed by atoms with Gasteiger partial charge in [-0.15, -0.1) is 0 Å². The molecule has 9 rings (SSSR count). The summed E-state index contributed by atoms with van der Waals surface area (Å²) in [6.07, 6.45) is 9.81. The molecule has 2 heterocycles. The number of methoxy groups -OCH3 is 2. The number of nitrogens with one attached hydrogen (secondary N) is 1. The molecule has 6 heteroatoms. The number of carbonyl (C=O) groups excluding carboxylic acids is 1. The molecule has 0 radical (unpaired) electrons. The van der Waals surface area contributed by atoms with Crippen molar-refractivity contribution in [2.45, 2.75) is 55.3 Å². The van der Waals surface area contributed by atoms with Crippen molar-refractivity contribution in [3.63, 3.8) is 0 Å². The van der Waals surface area contributed by atoms with E-state index in [0.29, 0.717) is 6.04 Å². The number of benzene rings is 2. The number of likely N-dealkylation sites (tertiary alicyclic amines) is 1. The molecule has 2 aliphatic heterocycles. The molecule has 1 saturated heterocycles. The summed E-state index contributed by atoms with van der Waals surface area (Å²) >= 11 is 0. The Kier molecular flexibility index (Phi) is 4.43. The van der Waals surface area contributed by atoms with E-state index in [4.69, 9.17) is 14.2 Å². The van der Waals surface area contributed by atoms with Crippen LogP contribution in [0.2, 0.25) is 0 Å². The van der Waals surface area contributed by atoms with Crippen molar-refractivity contribution in [3.8, 4) is 11.5 Å². The van der Waals surface area contributed by atoms with Crippen LogP contribution in [0.5, 0.6) is 11.5 Å². The molecule has 2 unspecified atom stereocenters. The fourth-order valence-electron chi connectivity index (χ4n) is 8.98. The molecule has 2 saturated carbocycles. The van der Waals surface area contributed by atoms with Crippen molar-refractivity contribution in [1.29, 1.82) is 0 Å². The Labute approximate surface area is 218 Å². The third-order valence-electron chi connectivity index (χ3n) is 10.7. The van der Waals surface area contributed by atoms with E-state index in [0.717, 1.165) is 55.5 Å². The lowest BCUT2D eigenvalue weighted by Gasteiger charge is -2.71. The van der Waals surface area contributed by atoms with Gasteiger partial charge in [-0.1, -0.05) is 36.4 Å². The van der Waals surface area contributed by atoms with Gasteiger partial charge in [-0.2, -0.15) is 0 Å². The summed E-state index contributed by atoms with van der Waals surface area (Å²) in [5, 5.41) is 3.21. The Bertz CT molecular complexity index is 1320. The van der Waals surface area contributed by atoms with Crippen molar-refractivity contribution in [2.24, 2.45) is 17.3 Å². The molecule has 5 aliphatic carbocycles. The number of hydrogen-bond donors (Lipinski definition) is 1. The van der Waals surface area contributed by atoms with E-state index in [1.54, 1.807) is 14.2 Å². The van der Waals surface area contributed by atoms with Crippen molar-refractivity contribution in [3.05, 3.63) is 65.7 Å². The molecule has 6 nitrogen and oxygen atoms in total. The zero-order valence-corrected chi connectivity index (χ0v) is 21.5. The number of anilines is 1. The van der Waals surface area contributed by atoms with Gasteiger partial charge >= 0.3 is 0 Å². The molecule has 3 fully saturated rings. The second-order valence-electron chi connectivity index (χ2n) is 12.1. The normalized spacial score (nSPS) is 38.2. The van der Waals surface area contributed by atoms with Crippen LogP contribution >= 0.6 is 0 Å². The van der Waals surface area contributed by atoms with Gasteiger partial charge in [0.2, 0.25) is 5.91 Å². The fourth-order valence-corrected chi connectivity index (χ4v) is 8.98. The minimum atomic E-state index is -0.845. The molecule has 6 atom stereocenters. The standard InChI is InChI=1S/C31H34N2O4/c1-35-23-11-10-20-16-24-29-12-13-31(36-2,22(17-29)27(34)32-21-6-4-3-5-7-21)28-30(29,25(20)26(23)37-28)14-15-33(24)18-19-8-9-19/h3-7,10-13,19,22,24,28H,8-9,14-18H2,1-2H3,(H,32,34)/t22-,24+,28?,29-,30+,31?/m1/s1. The highest BCUT2D eigenvalue weighted by atomic mass is 16.6. The summed E-state index contributed by atoms with van der Waals surface area (Å²) in [5.41, 5.74) is 2.27. The molecule has 37 heavy (non-hydrogen) atoms. The number of fused-ring (bicyclic) bond motifs is 1. The number of piperidine rings is 1. The van der Waals surface area contributed by atoms with Gasteiger partial charge in [0.05, 0.1) is 18.4 Å². The highest BCUT2D eigenvalue weighted by Gasteiger charge is 2.80. The predicted octanol–water partition coefficient (Wildman–Crippen LogP) is 4.33. The number of amides is 1. The first-order valence-electron chi connectivity index (χ1n) is 13.8. The van der Waals surface area contributed by atoms with Crippen molar-refractivity contribution >= 4 is 11.6 Å². The van der Waals surface area contributed by atoms with Crippen LogP contribution in [0.3, 0.4) is 0 Å². The van der Waals surface area contributed by atoms with Crippen molar-refractivity contribution < 1.29 is 19.0 Å². The number of carbonyl (C=O) groups is 1. The largest absolute Gasteiger partial charge is 0.493 e. The average Bonchev–Trinajstić information content (AvgIpc) is 3.67. The Morgan fingerprint density at radius 2 is 1.97 bits per heavy atom. The van der Waals surface area contributed by atoms with E-state index >= 15 is 0 Å². The highest BCUT2D eigenvalue weighted by Crippen LogP contribution is 2.74. The monoisotopic (exact) mass is 498 g/mol. The molecule has 2 spiro atoms. The maximum atomic E-state index is 14.0. The summed E-state index contributed by atoms with van der Waals surface area (Å²) in [6, 6.07) is 14.4. The smallest absolute Gasteiger partial charge is 0.230 e. The average molecular weight is 499 g/mol. The quantitative estimate of drug-likeness (QED) is 0.601. The highest BCUT2D eigenvalue weighted by molar-refractivity contribution is 5.94. The molecule has 0 aromatic heterocycles.